The summed E-state index contributed by atoms with van der Waals surface area (Å²) in [5, 5.41) is 12.7. The van der Waals surface area contributed by atoms with E-state index < -0.39 is 0 Å². The van der Waals surface area contributed by atoms with Gasteiger partial charge in [0.1, 0.15) is 6.07 Å². The first-order valence-electron chi connectivity index (χ1n) is 6.20. The minimum absolute atomic E-state index is 0.230. The summed E-state index contributed by atoms with van der Waals surface area (Å²) in [4.78, 5) is 4.31. The van der Waals surface area contributed by atoms with E-state index in [1.807, 2.05) is 19.9 Å². The maximum absolute atomic E-state index is 9.24. The number of nitrogens with two attached hydrogens (primary N) is 1. The zero-order valence-corrected chi connectivity index (χ0v) is 11.8. The molecule has 0 aromatic carbocycles. The molecular formula is C14H22N4. The molecule has 98 valence electrons. The van der Waals surface area contributed by atoms with Gasteiger partial charge < -0.3 is 11.1 Å². The fourth-order valence-electron chi connectivity index (χ4n) is 1.81. The molecule has 0 radical (unpaired) electrons. The van der Waals surface area contributed by atoms with Crippen LogP contribution in [0.3, 0.4) is 0 Å². The Balaban J connectivity index is 3.23. The number of nitrogens with zero attached hydrogens (tertiary/aromatic N) is 2. The van der Waals surface area contributed by atoms with Crippen LogP contribution in [0.4, 0.5) is 5.69 Å². The van der Waals surface area contributed by atoms with Gasteiger partial charge in [-0.25, -0.2) is 0 Å². The van der Waals surface area contributed by atoms with E-state index in [0.717, 1.165) is 17.1 Å². The highest BCUT2D eigenvalue weighted by Gasteiger charge is 2.27. The highest BCUT2D eigenvalue weighted by molar-refractivity contribution is 5.61. The van der Waals surface area contributed by atoms with E-state index in [-0.39, 0.29) is 5.54 Å². The van der Waals surface area contributed by atoms with E-state index in [2.05, 4.69) is 37.1 Å². The van der Waals surface area contributed by atoms with Crippen molar-refractivity contribution < 1.29 is 0 Å². The number of hydrogen-bond donors (Lipinski definition) is 2. The molecule has 0 saturated carbocycles. The normalized spacial score (nSPS) is 14.1. The summed E-state index contributed by atoms with van der Waals surface area (Å²) in [5.74, 6) is 0.364. The highest BCUT2D eigenvalue weighted by Crippen LogP contribution is 2.26. The molecule has 4 heteroatoms. The maximum atomic E-state index is 9.24. The van der Waals surface area contributed by atoms with E-state index in [0.29, 0.717) is 18.0 Å². The molecule has 18 heavy (non-hydrogen) atoms. The summed E-state index contributed by atoms with van der Waals surface area (Å²) in [6.45, 7) is 10.6. The molecule has 1 rings (SSSR count). The van der Waals surface area contributed by atoms with Crippen molar-refractivity contribution in [3.05, 3.63) is 23.0 Å². The van der Waals surface area contributed by atoms with Gasteiger partial charge in [0.25, 0.3) is 0 Å². The fourth-order valence-corrected chi connectivity index (χ4v) is 1.81. The number of nitriles is 1. The van der Waals surface area contributed by atoms with Crippen molar-refractivity contribution >= 4 is 5.69 Å². The Morgan fingerprint density at radius 1 is 1.50 bits per heavy atom. The van der Waals surface area contributed by atoms with Crippen molar-refractivity contribution in [2.24, 2.45) is 11.7 Å². The Morgan fingerprint density at radius 3 is 2.56 bits per heavy atom. The molecular weight excluding hydrogens is 224 g/mol. The Labute approximate surface area is 109 Å². The summed E-state index contributed by atoms with van der Waals surface area (Å²) >= 11 is 0. The Hall–Kier alpha value is -1.60. The molecule has 0 bridgehead atoms. The number of rotatable bonds is 4. The summed E-state index contributed by atoms with van der Waals surface area (Å²) in [6, 6.07) is 4.12. The van der Waals surface area contributed by atoms with Gasteiger partial charge in [-0.15, -0.1) is 0 Å². The molecule has 0 fully saturated rings. The predicted octanol–water partition coefficient (Wildman–Crippen LogP) is 2.36. The van der Waals surface area contributed by atoms with Gasteiger partial charge in [0, 0.05) is 17.8 Å². The quantitative estimate of drug-likeness (QED) is 0.855. The van der Waals surface area contributed by atoms with Crippen LogP contribution in [0.1, 0.15) is 37.7 Å². The summed E-state index contributed by atoms with van der Waals surface area (Å²) < 4.78 is 0. The van der Waals surface area contributed by atoms with Crippen LogP contribution in [0.5, 0.6) is 0 Å². The lowest BCUT2D eigenvalue weighted by atomic mass is 9.88. The van der Waals surface area contributed by atoms with Crippen LogP contribution >= 0.6 is 0 Å². The van der Waals surface area contributed by atoms with Crippen LogP contribution in [0.15, 0.2) is 6.07 Å². The third-order valence-corrected chi connectivity index (χ3v) is 3.56. The minimum Gasteiger partial charge on any atom is -0.377 e. The lowest BCUT2D eigenvalue weighted by Gasteiger charge is -2.35. The molecule has 0 aliphatic rings. The zero-order valence-electron chi connectivity index (χ0n) is 11.8. The second-order valence-electron chi connectivity index (χ2n) is 5.28. The number of anilines is 1. The van der Waals surface area contributed by atoms with Crippen molar-refractivity contribution in [2.45, 2.75) is 40.2 Å². The zero-order chi connectivity index (χ0) is 13.9. The Kier molecular flexibility index (Phi) is 4.31. The van der Waals surface area contributed by atoms with Gasteiger partial charge in [0.05, 0.1) is 16.9 Å². The molecule has 1 aromatic rings. The van der Waals surface area contributed by atoms with Crippen LogP contribution < -0.4 is 11.1 Å². The molecule has 1 aromatic heterocycles. The topological polar surface area (TPSA) is 74.7 Å². The number of aromatic nitrogens is 1. The first kappa shape index (κ1) is 14.5. The monoisotopic (exact) mass is 246 g/mol. The summed E-state index contributed by atoms with van der Waals surface area (Å²) in [6.07, 6.45) is 0. The van der Waals surface area contributed by atoms with Crippen molar-refractivity contribution in [3.8, 4) is 6.07 Å². The first-order chi connectivity index (χ1) is 8.34. The first-order valence-corrected chi connectivity index (χ1v) is 6.20. The van der Waals surface area contributed by atoms with Gasteiger partial charge in [0.15, 0.2) is 0 Å². The van der Waals surface area contributed by atoms with E-state index in [1.54, 1.807) is 0 Å². The highest BCUT2D eigenvalue weighted by atomic mass is 15.0. The van der Waals surface area contributed by atoms with Gasteiger partial charge >= 0.3 is 0 Å². The summed E-state index contributed by atoms with van der Waals surface area (Å²) in [5.41, 5.74) is 8.71. The molecule has 3 N–H and O–H groups in total. The Bertz CT molecular complexity index is 473. The van der Waals surface area contributed by atoms with Crippen LogP contribution in [0, 0.1) is 31.1 Å². The number of hydrogen-bond acceptors (Lipinski definition) is 4. The second kappa shape index (κ2) is 5.36. The van der Waals surface area contributed by atoms with Gasteiger partial charge in [-0.05, 0) is 32.8 Å². The van der Waals surface area contributed by atoms with Crippen molar-refractivity contribution in [1.82, 2.24) is 4.98 Å². The van der Waals surface area contributed by atoms with Crippen molar-refractivity contribution in [3.63, 3.8) is 0 Å². The second-order valence-corrected chi connectivity index (χ2v) is 5.28. The van der Waals surface area contributed by atoms with Crippen molar-refractivity contribution in [1.29, 1.82) is 5.26 Å². The van der Waals surface area contributed by atoms with Crippen molar-refractivity contribution in [2.75, 3.05) is 11.9 Å². The molecule has 0 amide bonds. The van der Waals surface area contributed by atoms with Crippen LogP contribution in [0.2, 0.25) is 0 Å². The smallest absolute Gasteiger partial charge is 0.103 e. The largest absolute Gasteiger partial charge is 0.377 e. The number of aryl methyl sites for hydroxylation is 2. The van der Waals surface area contributed by atoms with Crippen LogP contribution in [-0.4, -0.2) is 17.1 Å². The molecule has 0 spiro atoms. The predicted molar refractivity (Wildman–Crippen MR) is 74.3 cm³/mol. The van der Waals surface area contributed by atoms with Crippen LogP contribution in [0.25, 0.3) is 0 Å². The minimum atomic E-state index is -0.230. The van der Waals surface area contributed by atoms with E-state index >= 15 is 0 Å². The van der Waals surface area contributed by atoms with Crippen LogP contribution in [-0.2, 0) is 0 Å². The number of pyridine rings is 1. The Morgan fingerprint density at radius 2 is 2.11 bits per heavy atom. The lowest BCUT2D eigenvalue weighted by Crippen LogP contribution is -2.47. The van der Waals surface area contributed by atoms with E-state index in [1.165, 1.54) is 0 Å². The average Bonchev–Trinajstić information content (AvgIpc) is 2.28. The molecule has 0 aliphatic carbocycles. The molecule has 1 heterocycles. The summed E-state index contributed by atoms with van der Waals surface area (Å²) in [7, 11) is 0. The van der Waals surface area contributed by atoms with Gasteiger partial charge in [-0.3, -0.25) is 4.98 Å². The maximum Gasteiger partial charge on any atom is 0.103 e. The molecule has 4 nitrogen and oxygen atoms in total. The molecule has 0 aliphatic heterocycles. The third kappa shape index (κ3) is 2.80. The lowest BCUT2D eigenvalue weighted by molar-refractivity contribution is 0.382. The molecule has 0 saturated heterocycles. The third-order valence-electron chi connectivity index (χ3n) is 3.56. The standard InChI is InChI=1S/C14H22N4/c1-9(2)14(5,8-16)18-13-6-10(3)17-11(4)12(13)7-15/h6,9H,8,16H2,1-5H3,(H,17,18). The molecule has 1 atom stereocenters. The van der Waals surface area contributed by atoms with Gasteiger partial charge in [0.2, 0.25) is 0 Å². The van der Waals surface area contributed by atoms with Gasteiger partial charge in [-0.1, -0.05) is 13.8 Å². The average molecular weight is 246 g/mol. The molecule has 1 unspecified atom stereocenters. The van der Waals surface area contributed by atoms with E-state index in [4.69, 9.17) is 5.73 Å². The van der Waals surface area contributed by atoms with Gasteiger partial charge in [-0.2, -0.15) is 5.26 Å². The number of nitrogens with one attached hydrogen (secondary N) is 1. The fraction of sp³-hybridized carbons (Fsp3) is 0.571. The van der Waals surface area contributed by atoms with E-state index in [9.17, 15) is 5.26 Å². The SMILES string of the molecule is Cc1cc(NC(C)(CN)C(C)C)c(C#N)c(C)n1.